The molecule has 92 valence electrons. The lowest BCUT2D eigenvalue weighted by Crippen LogP contribution is -2.34. The molecule has 0 saturated heterocycles. The molecular weight excluding hydrogens is 199 g/mol. The van der Waals surface area contributed by atoms with Crippen LogP contribution in [-0.2, 0) is 4.74 Å². The van der Waals surface area contributed by atoms with Gasteiger partial charge in [0.2, 0.25) is 0 Å². The van der Waals surface area contributed by atoms with Gasteiger partial charge >= 0.3 is 0 Å². The van der Waals surface area contributed by atoms with Gasteiger partial charge in [-0.3, -0.25) is 0 Å². The summed E-state index contributed by atoms with van der Waals surface area (Å²) in [5.41, 5.74) is -0.499. The van der Waals surface area contributed by atoms with Crippen molar-refractivity contribution in [3.05, 3.63) is 0 Å². The Hall–Kier alpha value is -0.0151. The van der Waals surface area contributed by atoms with Gasteiger partial charge in [-0.05, 0) is 31.1 Å². The SMILES string of the molecule is [B]C1(OCCO)CCCCC(C)C(C)CC1. The monoisotopic (exact) mass is 224 g/mol. The van der Waals surface area contributed by atoms with Crippen LogP contribution in [0.25, 0.3) is 0 Å². The summed E-state index contributed by atoms with van der Waals surface area (Å²) in [5, 5.41) is 8.81. The Labute approximate surface area is 101 Å². The second kappa shape index (κ2) is 6.66. The van der Waals surface area contributed by atoms with Crippen molar-refractivity contribution >= 4 is 7.85 Å². The van der Waals surface area contributed by atoms with Gasteiger partial charge in [0.15, 0.2) is 0 Å². The fourth-order valence-electron chi connectivity index (χ4n) is 2.45. The van der Waals surface area contributed by atoms with Crippen molar-refractivity contribution in [2.24, 2.45) is 11.8 Å². The van der Waals surface area contributed by atoms with Crippen LogP contribution < -0.4 is 0 Å². The Kier molecular flexibility index (Phi) is 5.84. The van der Waals surface area contributed by atoms with Crippen LogP contribution in [0.5, 0.6) is 0 Å². The highest BCUT2D eigenvalue weighted by molar-refractivity contribution is 6.14. The zero-order valence-corrected chi connectivity index (χ0v) is 10.7. The van der Waals surface area contributed by atoms with Crippen LogP contribution in [0.4, 0.5) is 0 Å². The van der Waals surface area contributed by atoms with Crippen LogP contribution in [0, 0.1) is 11.8 Å². The van der Waals surface area contributed by atoms with Gasteiger partial charge < -0.3 is 9.84 Å². The summed E-state index contributed by atoms with van der Waals surface area (Å²) in [6.45, 7) is 5.07. The van der Waals surface area contributed by atoms with Crippen LogP contribution in [0.1, 0.15) is 52.4 Å². The smallest absolute Gasteiger partial charge is 0.113 e. The highest BCUT2D eigenvalue weighted by Gasteiger charge is 2.27. The predicted octanol–water partition coefficient (Wildman–Crippen LogP) is 2.49. The molecule has 1 aliphatic rings. The van der Waals surface area contributed by atoms with E-state index in [0.29, 0.717) is 6.61 Å². The highest BCUT2D eigenvalue weighted by Crippen LogP contribution is 2.31. The number of ether oxygens (including phenoxy) is 1. The molecule has 0 aromatic carbocycles. The molecule has 0 aromatic rings. The van der Waals surface area contributed by atoms with E-state index in [1.54, 1.807) is 0 Å². The fourth-order valence-corrected chi connectivity index (χ4v) is 2.45. The maximum absolute atomic E-state index is 8.81. The van der Waals surface area contributed by atoms with E-state index < -0.39 is 5.50 Å². The van der Waals surface area contributed by atoms with Crippen molar-refractivity contribution < 1.29 is 9.84 Å². The molecule has 1 saturated carbocycles. The average molecular weight is 224 g/mol. The summed E-state index contributed by atoms with van der Waals surface area (Å²) in [4.78, 5) is 0. The predicted molar refractivity (Wildman–Crippen MR) is 67.6 cm³/mol. The summed E-state index contributed by atoms with van der Waals surface area (Å²) in [7, 11) is 6.26. The topological polar surface area (TPSA) is 29.5 Å². The van der Waals surface area contributed by atoms with E-state index in [2.05, 4.69) is 13.8 Å². The maximum Gasteiger partial charge on any atom is 0.113 e. The van der Waals surface area contributed by atoms with Crippen LogP contribution in [0.2, 0.25) is 0 Å². The summed E-state index contributed by atoms with van der Waals surface area (Å²) >= 11 is 0. The van der Waals surface area contributed by atoms with E-state index in [-0.39, 0.29) is 6.61 Å². The van der Waals surface area contributed by atoms with Gasteiger partial charge in [-0.1, -0.05) is 33.1 Å². The Morgan fingerprint density at radius 1 is 1.19 bits per heavy atom. The Bertz CT molecular complexity index is 198. The highest BCUT2D eigenvalue weighted by atomic mass is 16.5. The summed E-state index contributed by atoms with van der Waals surface area (Å²) in [6.07, 6.45) is 6.65. The molecule has 1 rings (SSSR count). The summed E-state index contributed by atoms with van der Waals surface area (Å²) < 4.78 is 5.62. The average Bonchev–Trinajstić information content (AvgIpc) is 2.33. The number of aliphatic hydroxyl groups is 1. The Balaban J connectivity index is 2.51. The third-order valence-electron chi connectivity index (χ3n) is 3.98. The third-order valence-corrected chi connectivity index (χ3v) is 3.98. The van der Waals surface area contributed by atoms with Crippen molar-refractivity contribution in [2.45, 2.75) is 57.9 Å². The van der Waals surface area contributed by atoms with Gasteiger partial charge in [0.1, 0.15) is 7.85 Å². The molecule has 3 unspecified atom stereocenters. The second-order valence-electron chi connectivity index (χ2n) is 5.38. The molecular formula is C13H25BO2. The fraction of sp³-hybridized carbons (Fsp3) is 1.00. The zero-order chi connectivity index (χ0) is 12.0. The molecule has 1 fully saturated rings. The first-order chi connectivity index (χ1) is 7.57. The standard InChI is InChI=1S/C13H25BO2/c1-11-5-3-4-7-13(14,16-10-9-15)8-6-12(11)2/h11-12,15H,3-10H2,1-2H3. The lowest BCUT2D eigenvalue weighted by molar-refractivity contribution is -0.0148. The van der Waals surface area contributed by atoms with Crippen molar-refractivity contribution in [2.75, 3.05) is 13.2 Å². The molecule has 2 radical (unpaired) electrons. The van der Waals surface area contributed by atoms with E-state index in [4.69, 9.17) is 17.7 Å². The van der Waals surface area contributed by atoms with Gasteiger partial charge in [0, 0.05) is 5.50 Å². The summed E-state index contributed by atoms with van der Waals surface area (Å²) in [6, 6.07) is 0. The second-order valence-corrected chi connectivity index (χ2v) is 5.38. The van der Waals surface area contributed by atoms with Crippen molar-refractivity contribution in [3.63, 3.8) is 0 Å². The van der Waals surface area contributed by atoms with E-state index in [1.807, 2.05) is 0 Å². The van der Waals surface area contributed by atoms with E-state index in [1.165, 1.54) is 12.8 Å². The normalized spacial score (nSPS) is 37.4. The Morgan fingerprint density at radius 2 is 1.88 bits per heavy atom. The molecule has 0 aliphatic heterocycles. The van der Waals surface area contributed by atoms with Gasteiger partial charge in [-0.15, -0.1) is 0 Å². The molecule has 16 heavy (non-hydrogen) atoms. The molecule has 0 spiro atoms. The molecule has 0 bridgehead atoms. The lowest BCUT2D eigenvalue weighted by atomic mass is 9.73. The molecule has 2 nitrogen and oxygen atoms in total. The molecule has 1 aliphatic carbocycles. The van der Waals surface area contributed by atoms with Gasteiger partial charge in [-0.2, -0.15) is 0 Å². The summed E-state index contributed by atoms with van der Waals surface area (Å²) in [5.74, 6) is 1.51. The third kappa shape index (κ3) is 4.46. The zero-order valence-electron chi connectivity index (χ0n) is 10.7. The minimum Gasteiger partial charge on any atom is -0.394 e. The van der Waals surface area contributed by atoms with Crippen LogP contribution in [0.3, 0.4) is 0 Å². The molecule has 0 amide bonds. The van der Waals surface area contributed by atoms with Gasteiger partial charge in [-0.25, -0.2) is 0 Å². The molecule has 0 heterocycles. The molecule has 1 N–H and O–H groups in total. The van der Waals surface area contributed by atoms with Crippen LogP contribution in [-0.4, -0.2) is 31.7 Å². The number of rotatable bonds is 3. The van der Waals surface area contributed by atoms with Crippen LogP contribution >= 0.6 is 0 Å². The molecule has 3 atom stereocenters. The van der Waals surface area contributed by atoms with E-state index >= 15 is 0 Å². The number of hydrogen-bond donors (Lipinski definition) is 1. The van der Waals surface area contributed by atoms with Crippen molar-refractivity contribution in [3.8, 4) is 0 Å². The number of hydrogen-bond acceptors (Lipinski definition) is 2. The minimum absolute atomic E-state index is 0.0604. The molecule has 3 heteroatoms. The van der Waals surface area contributed by atoms with Gasteiger partial charge in [0.25, 0.3) is 0 Å². The maximum atomic E-state index is 8.81. The first-order valence-corrected chi connectivity index (χ1v) is 6.61. The minimum atomic E-state index is -0.499. The van der Waals surface area contributed by atoms with E-state index in [9.17, 15) is 0 Å². The Morgan fingerprint density at radius 3 is 2.56 bits per heavy atom. The molecule has 0 aromatic heterocycles. The largest absolute Gasteiger partial charge is 0.394 e. The lowest BCUT2D eigenvalue weighted by Gasteiger charge is -2.31. The number of aliphatic hydroxyl groups excluding tert-OH is 1. The first kappa shape index (κ1) is 14.0. The van der Waals surface area contributed by atoms with Crippen molar-refractivity contribution in [1.29, 1.82) is 0 Å². The van der Waals surface area contributed by atoms with Crippen molar-refractivity contribution in [1.82, 2.24) is 0 Å². The van der Waals surface area contributed by atoms with Crippen LogP contribution in [0.15, 0.2) is 0 Å². The first-order valence-electron chi connectivity index (χ1n) is 6.61. The van der Waals surface area contributed by atoms with E-state index in [0.717, 1.165) is 37.5 Å². The van der Waals surface area contributed by atoms with Gasteiger partial charge in [0.05, 0.1) is 13.2 Å². The quantitative estimate of drug-likeness (QED) is 0.746.